The molecule has 2 rings (SSSR count). The predicted octanol–water partition coefficient (Wildman–Crippen LogP) is 4.27. The van der Waals surface area contributed by atoms with E-state index in [-0.39, 0.29) is 17.1 Å². The third-order valence-corrected chi connectivity index (χ3v) is 5.16. The Morgan fingerprint density at radius 2 is 1.57 bits per heavy atom. The van der Waals surface area contributed by atoms with Crippen molar-refractivity contribution >= 4 is 34.8 Å². The molecule has 1 amide bonds. The van der Waals surface area contributed by atoms with E-state index in [0.717, 1.165) is 4.88 Å². The van der Waals surface area contributed by atoms with Gasteiger partial charge in [-0.05, 0) is 53.0 Å². The first-order valence-corrected chi connectivity index (χ1v) is 10.8. The van der Waals surface area contributed by atoms with Crippen molar-refractivity contribution in [2.75, 3.05) is 0 Å². The average molecular weight is 434 g/mol. The Labute approximate surface area is 182 Å². The Hall–Kier alpha value is -2.41. The summed E-state index contributed by atoms with van der Waals surface area (Å²) in [5.74, 6) is -1.88. The second-order valence-electron chi connectivity index (χ2n) is 9.37. The van der Waals surface area contributed by atoms with Gasteiger partial charge in [-0.1, -0.05) is 19.1 Å². The molecule has 1 aliphatic carbocycles. The van der Waals surface area contributed by atoms with Gasteiger partial charge in [0.25, 0.3) is 0 Å². The summed E-state index contributed by atoms with van der Waals surface area (Å²) in [6, 6.07) is 3.27. The highest BCUT2D eigenvalue weighted by Crippen LogP contribution is 2.39. The third-order valence-electron chi connectivity index (χ3n) is 4.26. The lowest BCUT2D eigenvalue weighted by atomic mass is 9.79. The van der Waals surface area contributed by atoms with Crippen molar-refractivity contribution in [3.05, 3.63) is 39.6 Å². The largest absolute Gasteiger partial charge is 0.457 e. The van der Waals surface area contributed by atoms with E-state index in [4.69, 9.17) is 9.47 Å². The Morgan fingerprint density at radius 1 is 1.00 bits per heavy atom. The molecule has 1 aromatic rings. The predicted molar refractivity (Wildman–Crippen MR) is 118 cm³/mol. The summed E-state index contributed by atoms with van der Waals surface area (Å²) in [4.78, 5) is 39.1. The molecule has 1 N–H and O–H groups in total. The van der Waals surface area contributed by atoms with Crippen LogP contribution < -0.4 is 5.32 Å². The van der Waals surface area contributed by atoms with Crippen LogP contribution in [0.3, 0.4) is 0 Å². The standard InChI is InChI=1S/C23H31NO5S/c1-13-16(24-14(2)25)12-15(17-10-9-11-30-17)19(21(27)29-23(6,7)8)18(13)20(26)28-22(3,4)5/h9-13,16H,1-8H3,(H,24,25)/t13-,16-/m0/s1. The summed E-state index contributed by atoms with van der Waals surface area (Å²) in [7, 11) is 0. The van der Waals surface area contributed by atoms with E-state index in [0.29, 0.717) is 5.57 Å². The number of nitrogens with one attached hydrogen (secondary N) is 1. The number of esters is 2. The van der Waals surface area contributed by atoms with Crippen molar-refractivity contribution in [3.8, 4) is 0 Å². The maximum absolute atomic E-state index is 13.3. The van der Waals surface area contributed by atoms with Crippen LogP contribution in [0, 0.1) is 5.92 Å². The monoisotopic (exact) mass is 433 g/mol. The van der Waals surface area contributed by atoms with Crippen molar-refractivity contribution in [2.45, 2.75) is 72.6 Å². The molecule has 0 unspecified atom stereocenters. The van der Waals surface area contributed by atoms with Crippen LogP contribution in [0.25, 0.3) is 5.57 Å². The van der Waals surface area contributed by atoms with Crippen molar-refractivity contribution < 1.29 is 23.9 Å². The molecule has 6 nitrogen and oxygen atoms in total. The first kappa shape index (κ1) is 23.9. The molecule has 0 saturated carbocycles. The van der Waals surface area contributed by atoms with Crippen molar-refractivity contribution in [1.29, 1.82) is 0 Å². The van der Waals surface area contributed by atoms with Crippen LogP contribution in [0.4, 0.5) is 0 Å². The van der Waals surface area contributed by atoms with Gasteiger partial charge in [0.15, 0.2) is 0 Å². The molecule has 0 fully saturated rings. The molecule has 2 atom stereocenters. The number of ether oxygens (including phenoxy) is 2. The van der Waals surface area contributed by atoms with E-state index in [1.54, 1.807) is 48.5 Å². The topological polar surface area (TPSA) is 81.7 Å². The van der Waals surface area contributed by atoms with Crippen molar-refractivity contribution in [3.63, 3.8) is 0 Å². The zero-order valence-corrected chi connectivity index (χ0v) is 19.7. The lowest BCUT2D eigenvalue weighted by Gasteiger charge is -2.33. The highest BCUT2D eigenvalue weighted by Gasteiger charge is 2.40. The van der Waals surface area contributed by atoms with Crippen LogP contribution in [0.5, 0.6) is 0 Å². The lowest BCUT2D eigenvalue weighted by molar-refractivity contribution is -0.153. The fourth-order valence-corrected chi connectivity index (χ4v) is 3.93. The molecule has 0 bridgehead atoms. The number of carbonyl (C=O) groups is 3. The quantitative estimate of drug-likeness (QED) is 0.717. The minimum atomic E-state index is -0.739. The van der Waals surface area contributed by atoms with Gasteiger partial charge in [0.05, 0.1) is 17.2 Å². The zero-order valence-electron chi connectivity index (χ0n) is 18.9. The molecule has 164 valence electrons. The van der Waals surface area contributed by atoms with E-state index < -0.39 is 35.1 Å². The minimum Gasteiger partial charge on any atom is -0.457 e. The molecule has 0 aliphatic heterocycles. The van der Waals surface area contributed by atoms with Gasteiger partial charge in [-0.25, -0.2) is 9.59 Å². The summed E-state index contributed by atoms with van der Waals surface area (Å²) < 4.78 is 11.3. The summed E-state index contributed by atoms with van der Waals surface area (Å²) >= 11 is 1.44. The number of hydrogen-bond donors (Lipinski definition) is 1. The van der Waals surface area contributed by atoms with Crippen LogP contribution in [0.1, 0.15) is 60.3 Å². The highest BCUT2D eigenvalue weighted by atomic mass is 32.1. The van der Waals surface area contributed by atoms with Crippen molar-refractivity contribution in [1.82, 2.24) is 5.32 Å². The van der Waals surface area contributed by atoms with Gasteiger partial charge in [-0.3, -0.25) is 4.79 Å². The highest BCUT2D eigenvalue weighted by molar-refractivity contribution is 7.11. The first-order chi connectivity index (χ1) is 13.7. The van der Waals surface area contributed by atoms with E-state index in [1.165, 1.54) is 18.3 Å². The number of amides is 1. The van der Waals surface area contributed by atoms with Crippen LogP contribution in [0.15, 0.2) is 34.7 Å². The van der Waals surface area contributed by atoms with E-state index in [2.05, 4.69) is 5.32 Å². The average Bonchev–Trinajstić information content (AvgIpc) is 3.06. The molecule has 1 aromatic heterocycles. The summed E-state index contributed by atoms with van der Waals surface area (Å²) in [6.07, 6.45) is 1.82. The van der Waals surface area contributed by atoms with Crippen molar-refractivity contribution in [2.24, 2.45) is 5.92 Å². The normalized spacial score (nSPS) is 19.8. The molecular weight excluding hydrogens is 402 g/mol. The summed E-state index contributed by atoms with van der Waals surface area (Å²) in [5.41, 5.74) is -0.505. The molecule has 1 aliphatic rings. The second kappa shape index (κ2) is 8.76. The molecular formula is C23H31NO5S. The van der Waals surface area contributed by atoms with E-state index in [1.807, 2.05) is 23.6 Å². The lowest BCUT2D eigenvalue weighted by Crippen LogP contribution is -2.43. The van der Waals surface area contributed by atoms with Gasteiger partial charge in [0, 0.05) is 23.3 Å². The van der Waals surface area contributed by atoms with Gasteiger partial charge < -0.3 is 14.8 Å². The Kier molecular flexibility index (Phi) is 6.97. The molecule has 0 aromatic carbocycles. The molecule has 7 heteroatoms. The van der Waals surface area contributed by atoms with Crippen LogP contribution in [0.2, 0.25) is 0 Å². The van der Waals surface area contributed by atoms with Gasteiger partial charge in [0.2, 0.25) is 5.91 Å². The maximum atomic E-state index is 13.3. The number of hydrogen-bond acceptors (Lipinski definition) is 6. The molecule has 0 radical (unpaired) electrons. The van der Waals surface area contributed by atoms with E-state index in [9.17, 15) is 14.4 Å². The molecule has 0 saturated heterocycles. The number of rotatable bonds is 4. The minimum absolute atomic E-state index is 0.190. The molecule has 1 heterocycles. The number of carbonyl (C=O) groups excluding carboxylic acids is 3. The summed E-state index contributed by atoms with van der Waals surface area (Å²) in [6.45, 7) is 13.9. The smallest absolute Gasteiger partial charge is 0.339 e. The second-order valence-corrected chi connectivity index (χ2v) is 10.3. The maximum Gasteiger partial charge on any atom is 0.339 e. The van der Waals surface area contributed by atoms with Gasteiger partial charge in [-0.2, -0.15) is 0 Å². The SMILES string of the molecule is CC(=O)N[C@H]1C=C(c2cccs2)C(C(=O)OC(C)(C)C)=C(C(=O)OC(C)(C)C)[C@H]1C. The fourth-order valence-electron chi connectivity index (χ4n) is 3.17. The molecule has 0 spiro atoms. The summed E-state index contributed by atoms with van der Waals surface area (Å²) in [5, 5.41) is 4.76. The van der Waals surface area contributed by atoms with Crippen LogP contribution in [-0.4, -0.2) is 35.1 Å². The van der Waals surface area contributed by atoms with Gasteiger partial charge in [-0.15, -0.1) is 11.3 Å². The molecule has 30 heavy (non-hydrogen) atoms. The zero-order chi connectivity index (χ0) is 22.9. The van der Waals surface area contributed by atoms with Crippen LogP contribution >= 0.6 is 11.3 Å². The van der Waals surface area contributed by atoms with E-state index >= 15 is 0 Å². The number of thiophene rings is 1. The Bertz CT molecular complexity index is 882. The third kappa shape index (κ3) is 6.05. The Morgan fingerprint density at radius 3 is 2.03 bits per heavy atom. The van der Waals surface area contributed by atoms with Gasteiger partial charge in [0.1, 0.15) is 11.2 Å². The Balaban J connectivity index is 2.71. The fraction of sp³-hybridized carbons (Fsp3) is 0.522. The van der Waals surface area contributed by atoms with Gasteiger partial charge >= 0.3 is 11.9 Å². The first-order valence-electron chi connectivity index (χ1n) is 9.93. The van der Waals surface area contributed by atoms with Crippen LogP contribution in [-0.2, 0) is 23.9 Å².